The Hall–Kier alpha value is -4.56. The summed E-state index contributed by atoms with van der Waals surface area (Å²) in [6, 6.07) is 8.50. The number of carbonyl (C=O) groups is 5. The first-order chi connectivity index (χ1) is 20.0. The smallest absolute Gasteiger partial charge is 0.326 e. The second-order valence-corrected chi connectivity index (χ2v) is 10.1. The van der Waals surface area contributed by atoms with E-state index < -0.39 is 53.8 Å². The molecule has 1 aromatic heterocycles. The highest BCUT2D eigenvalue weighted by Crippen LogP contribution is 2.19. The van der Waals surface area contributed by atoms with Gasteiger partial charge in [0, 0.05) is 35.7 Å². The number of thiol groups is 1. The number of aromatic amines is 1. The van der Waals surface area contributed by atoms with E-state index in [0.29, 0.717) is 11.1 Å². The number of primary amides is 1. The molecule has 0 aliphatic carbocycles. The number of carboxylic acid groups (broad SMARTS) is 1. The van der Waals surface area contributed by atoms with Gasteiger partial charge in [-0.25, -0.2) is 4.79 Å². The van der Waals surface area contributed by atoms with Crippen molar-refractivity contribution in [3.05, 3.63) is 65.9 Å². The molecule has 3 aromatic rings. The molecule has 10 N–H and O–H groups in total. The van der Waals surface area contributed by atoms with Crippen molar-refractivity contribution < 1.29 is 34.2 Å². The fourth-order valence-electron chi connectivity index (χ4n) is 4.27. The maximum Gasteiger partial charge on any atom is 0.326 e. The second-order valence-electron chi connectivity index (χ2n) is 9.75. The zero-order chi connectivity index (χ0) is 30.8. The van der Waals surface area contributed by atoms with Crippen molar-refractivity contribution in [2.75, 3.05) is 5.75 Å². The third kappa shape index (κ3) is 8.97. The molecule has 1 heterocycles. The lowest BCUT2D eigenvalue weighted by molar-refractivity contribution is -0.142. The largest absolute Gasteiger partial charge is 0.508 e. The van der Waals surface area contributed by atoms with E-state index in [-0.39, 0.29) is 37.2 Å². The first-order valence-corrected chi connectivity index (χ1v) is 13.7. The summed E-state index contributed by atoms with van der Waals surface area (Å²) in [7, 11) is 0. The van der Waals surface area contributed by atoms with Gasteiger partial charge in [-0.2, -0.15) is 12.6 Å². The van der Waals surface area contributed by atoms with Crippen LogP contribution in [0.4, 0.5) is 0 Å². The Balaban J connectivity index is 1.66. The summed E-state index contributed by atoms with van der Waals surface area (Å²) in [5.41, 5.74) is 13.4. The number of H-pyrrole nitrogens is 1. The van der Waals surface area contributed by atoms with Gasteiger partial charge >= 0.3 is 5.97 Å². The number of aromatic hydroxyl groups is 1. The van der Waals surface area contributed by atoms with Gasteiger partial charge in [-0.3, -0.25) is 19.2 Å². The van der Waals surface area contributed by atoms with Gasteiger partial charge in [0.05, 0.1) is 6.04 Å². The van der Waals surface area contributed by atoms with Crippen LogP contribution >= 0.6 is 12.6 Å². The van der Waals surface area contributed by atoms with E-state index in [9.17, 15) is 34.2 Å². The van der Waals surface area contributed by atoms with Crippen LogP contribution in [0.1, 0.15) is 24.0 Å². The van der Waals surface area contributed by atoms with Crippen LogP contribution in [0.2, 0.25) is 0 Å². The summed E-state index contributed by atoms with van der Waals surface area (Å²) in [5.74, 6) is -4.41. The lowest BCUT2D eigenvalue weighted by Crippen LogP contribution is -2.58. The number of amides is 4. The van der Waals surface area contributed by atoms with Crippen molar-refractivity contribution in [2.45, 2.75) is 49.9 Å². The minimum Gasteiger partial charge on any atom is -0.508 e. The fraction of sp³-hybridized carbons (Fsp3) is 0.321. The van der Waals surface area contributed by atoms with Crippen molar-refractivity contribution in [1.82, 2.24) is 20.9 Å². The molecule has 224 valence electrons. The van der Waals surface area contributed by atoms with E-state index in [2.05, 4.69) is 33.6 Å². The van der Waals surface area contributed by atoms with Crippen molar-refractivity contribution in [1.29, 1.82) is 0 Å². The molecule has 14 heteroatoms. The average molecular weight is 599 g/mol. The summed E-state index contributed by atoms with van der Waals surface area (Å²) in [4.78, 5) is 65.4. The van der Waals surface area contributed by atoms with E-state index in [1.807, 2.05) is 24.3 Å². The van der Waals surface area contributed by atoms with Crippen LogP contribution in [-0.2, 0) is 36.8 Å². The zero-order valence-corrected chi connectivity index (χ0v) is 23.5. The molecule has 13 nitrogen and oxygen atoms in total. The van der Waals surface area contributed by atoms with Gasteiger partial charge in [-0.15, -0.1) is 0 Å². The maximum absolute atomic E-state index is 13.1. The van der Waals surface area contributed by atoms with Crippen molar-refractivity contribution in [3.63, 3.8) is 0 Å². The quantitative estimate of drug-likeness (QED) is 0.105. The van der Waals surface area contributed by atoms with Crippen LogP contribution in [0.15, 0.2) is 54.7 Å². The number of carboxylic acids is 1. The first kappa shape index (κ1) is 32.0. The summed E-state index contributed by atoms with van der Waals surface area (Å²) < 4.78 is 0. The predicted molar refractivity (Wildman–Crippen MR) is 157 cm³/mol. The number of para-hydroxylation sites is 1. The highest BCUT2D eigenvalue weighted by Gasteiger charge is 2.30. The number of carbonyl (C=O) groups excluding carboxylic acids is 4. The van der Waals surface area contributed by atoms with Crippen molar-refractivity contribution in [2.24, 2.45) is 11.5 Å². The Morgan fingerprint density at radius 2 is 1.48 bits per heavy atom. The molecule has 0 bridgehead atoms. The molecule has 0 radical (unpaired) electrons. The van der Waals surface area contributed by atoms with Crippen LogP contribution in [0.3, 0.4) is 0 Å². The van der Waals surface area contributed by atoms with E-state index in [0.717, 1.165) is 10.9 Å². The van der Waals surface area contributed by atoms with Crippen LogP contribution in [-0.4, -0.2) is 74.7 Å². The number of benzene rings is 2. The molecule has 0 aliphatic rings. The first-order valence-electron chi connectivity index (χ1n) is 13.1. The van der Waals surface area contributed by atoms with Crippen molar-refractivity contribution in [3.8, 4) is 5.75 Å². The number of aromatic nitrogens is 1. The van der Waals surface area contributed by atoms with Crippen LogP contribution < -0.4 is 27.4 Å². The van der Waals surface area contributed by atoms with E-state index in [4.69, 9.17) is 11.5 Å². The van der Waals surface area contributed by atoms with E-state index in [1.165, 1.54) is 12.1 Å². The Morgan fingerprint density at radius 3 is 2.12 bits per heavy atom. The number of hydrogen-bond donors (Lipinski definition) is 9. The van der Waals surface area contributed by atoms with Crippen LogP contribution in [0, 0.1) is 0 Å². The highest BCUT2D eigenvalue weighted by atomic mass is 32.1. The fourth-order valence-corrected chi connectivity index (χ4v) is 4.53. The Kier molecular flexibility index (Phi) is 11.3. The third-order valence-electron chi connectivity index (χ3n) is 6.57. The van der Waals surface area contributed by atoms with Gasteiger partial charge in [0.15, 0.2) is 0 Å². The number of hydrogen-bond acceptors (Lipinski definition) is 8. The second kappa shape index (κ2) is 14.9. The maximum atomic E-state index is 13.1. The molecule has 3 rings (SSSR count). The summed E-state index contributed by atoms with van der Waals surface area (Å²) in [6.07, 6.45) is 1.34. The molecule has 4 amide bonds. The molecule has 0 spiro atoms. The van der Waals surface area contributed by atoms with E-state index in [1.54, 1.807) is 18.3 Å². The molecular formula is C28H34N6O7S. The molecule has 0 saturated carbocycles. The Labute approximate surface area is 246 Å². The molecule has 42 heavy (non-hydrogen) atoms. The number of nitrogens with two attached hydrogens (primary N) is 2. The predicted octanol–water partition coefficient (Wildman–Crippen LogP) is -0.280. The Bertz CT molecular complexity index is 1430. The number of aliphatic carboxylic acids is 1. The molecule has 4 atom stereocenters. The van der Waals surface area contributed by atoms with Crippen molar-refractivity contribution >= 4 is 53.1 Å². The van der Waals surface area contributed by atoms with Gasteiger partial charge in [-0.05, 0) is 42.2 Å². The molecule has 0 aliphatic heterocycles. The van der Waals surface area contributed by atoms with E-state index >= 15 is 0 Å². The van der Waals surface area contributed by atoms with Gasteiger partial charge in [0.1, 0.15) is 23.9 Å². The van der Waals surface area contributed by atoms with Crippen LogP contribution in [0.5, 0.6) is 5.75 Å². The highest BCUT2D eigenvalue weighted by molar-refractivity contribution is 7.80. The third-order valence-corrected chi connectivity index (χ3v) is 6.94. The normalized spacial score (nSPS) is 13.9. The minimum atomic E-state index is -1.31. The standard InChI is InChI=1S/C28H34N6O7S/c29-19(11-15-5-7-17(35)8-6-15)25(37)32-21(9-10-24(30)36)26(38)34-23(14-42)27(39)33-22(28(40)41)12-16-13-31-20-4-2-1-3-18(16)20/h1-8,13,19,21-23,31,35,42H,9-12,14,29H2,(H2,30,36)(H,32,37)(H,33,39)(H,34,38)(H,40,41). The molecule has 0 fully saturated rings. The topological polar surface area (TPSA) is 230 Å². The number of phenolic OH excluding ortho intramolecular Hbond substituents is 1. The number of nitrogens with one attached hydrogen (secondary N) is 4. The lowest BCUT2D eigenvalue weighted by Gasteiger charge is -2.24. The molecule has 2 aromatic carbocycles. The Morgan fingerprint density at radius 1 is 0.857 bits per heavy atom. The van der Waals surface area contributed by atoms with Gasteiger partial charge < -0.3 is 42.6 Å². The van der Waals surface area contributed by atoms with Crippen LogP contribution in [0.25, 0.3) is 10.9 Å². The number of phenols is 1. The zero-order valence-electron chi connectivity index (χ0n) is 22.6. The van der Waals surface area contributed by atoms with Gasteiger partial charge in [-0.1, -0.05) is 30.3 Å². The monoisotopic (exact) mass is 598 g/mol. The summed E-state index contributed by atoms with van der Waals surface area (Å²) in [6.45, 7) is 0. The lowest BCUT2D eigenvalue weighted by atomic mass is 10.0. The molecule has 4 unspecified atom stereocenters. The molecule has 0 saturated heterocycles. The minimum absolute atomic E-state index is 0.0193. The number of rotatable bonds is 15. The van der Waals surface area contributed by atoms with Gasteiger partial charge in [0.2, 0.25) is 23.6 Å². The van der Waals surface area contributed by atoms with Gasteiger partial charge in [0.25, 0.3) is 0 Å². The SMILES string of the molecule is NC(=O)CCC(NC(=O)C(N)Cc1ccc(O)cc1)C(=O)NC(CS)C(=O)NC(Cc1c[nH]c2ccccc12)C(=O)O. The summed E-state index contributed by atoms with van der Waals surface area (Å²) >= 11 is 4.13. The average Bonchev–Trinajstić information content (AvgIpc) is 3.36. The molecular weight excluding hydrogens is 564 g/mol. The number of fused-ring (bicyclic) bond motifs is 1. The summed E-state index contributed by atoms with van der Waals surface area (Å²) in [5, 5.41) is 27.4.